The molecule has 0 saturated heterocycles. The number of aryl methyl sites for hydroxylation is 3. The molecule has 138 valence electrons. The van der Waals surface area contributed by atoms with E-state index in [9.17, 15) is 9.59 Å². The second kappa shape index (κ2) is 7.51. The summed E-state index contributed by atoms with van der Waals surface area (Å²) in [6, 6.07) is 7.52. The van der Waals surface area contributed by atoms with Crippen molar-refractivity contribution in [2.75, 3.05) is 0 Å². The van der Waals surface area contributed by atoms with Crippen molar-refractivity contribution in [2.24, 2.45) is 0 Å². The quantitative estimate of drug-likeness (QED) is 0.421. The molecule has 0 unspecified atom stereocenters. The van der Waals surface area contributed by atoms with Crippen LogP contribution in [-0.2, 0) is 11.2 Å². The molecule has 0 fully saturated rings. The van der Waals surface area contributed by atoms with Gasteiger partial charge in [0, 0.05) is 18.7 Å². The van der Waals surface area contributed by atoms with Crippen molar-refractivity contribution in [2.45, 2.75) is 27.2 Å². The molecule has 0 atom stereocenters. The van der Waals surface area contributed by atoms with Crippen molar-refractivity contribution in [3.63, 3.8) is 0 Å². The number of nitrogens with zero attached hydrogens (tertiary/aromatic N) is 3. The van der Waals surface area contributed by atoms with E-state index in [2.05, 4.69) is 9.97 Å². The highest BCUT2D eigenvalue weighted by Crippen LogP contribution is 2.20. The Morgan fingerprint density at radius 3 is 2.63 bits per heavy atom. The van der Waals surface area contributed by atoms with E-state index >= 15 is 0 Å². The van der Waals surface area contributed by atoms with Crippen LogP contribution in [0.2, 0.25) is 0 Å². The van der Waals surface area contributed by atoms with Crippen LogP contribution >= 0.6 is 0 Å². The summed E-state index contributed by atoms with van der Waals surface area (Å²) in [5.74, 6) is -0.0251. The first-order valence-corrected chi connectivity index (χ1v) is 8.56. The smallest absolute Gasteiger partial charge is 0.267 e. The minimum atomic E-state index is -0.664. The molecule has 0 saturated carbocycles. The maximum atomic E-state index is 13.3. The lowest BCUT2D eigenvalue weighted by molar-refractivity contribution is -0.124. The normalized spacial score (nSPS) is 11.3. The van der Waals surface area contributed by atoms with Crippen LogP contribution in [0.1, 0.15) is 29.4 Å². The monoisotopic (exact) mass is 364 g/mol. The van der Waals surface area contributed by atoms with Crippen molar-refractivity contribution in [3.8, 4) is 5.69 Å². The molecule has 0 aliphatic heterocycles. The Bertz CT molecular complexity index is 1100. The summed E-state index contributed by atoms with van der Waals surface area (Å²) < 4.78 is 1.64. The van der Waals surface area contributed by atoms with E-state index in [1.165, 1.54) is 17.8 Å². The maximum absolute atomic E-state index is 13.3. The summed E-state index contributed by atoms with van der Waals surface area (Å²) in [6.45, 7) is 5.87. The van der Waals surface area contributed by atoms with Gasteiger partial charge in [0.1, 0.15) is 5.82 Å². The summed E-state index contributed by atoms with van der Waals surface area (Å²) in [5.41, 5.74) is 5.03. The molecule has 3 rings (SSSR count). The van der Waals surface area contributed by atoms with Crippen LogP contribution < -0.4 is 11.0 Å². The third-order valence-electron chi connectivity index (χ3n) is 4.33. The number of benzene rings is 1. The molecule has 7 nitrogen and oxygen atoms in total. The predicted octanol–water partition coefficient (Wildman–Crippen LogP) is 2.48. The summed E-state index contributed by atoms with van der Waals surface area (Å²) in [7, 11) is 0. The Labute approximate surface area is 156 Å². The largest absolute Gasteiger partial charge is 0.288 e. The Balaban J connectivity index is 2.28. The van der Waals surface area contributed by atoms with Gasteiger partial charge < -0.3 is 0 Å². The van der Waals surface area contributed by atoms with Crippen LogP contribution in [0.5, 0.6) is 0 Å². The number of carbonyl (C=O) groups is 1. The number of fused-ring (bicyclic) bond motifs is 1. The van der Waals surface area contributed by atoms with Gasteiger partial charge in [-0.05, 0) is 42.7 Å². The zero-order chi connectivity index (χ0) is 19.6. The van der Waals surface area contributed by atoms with Crippen molar-refractivity contribution >= 4 is 23.0 Å². The van der Waals surface area contributed by atoms with Crippen LogP contribution in [0.4, 0.5) is 0 Å². The number of hydrogen-bond donors (Lipinski definition) is 2. The van der Waals surface area contributed by atoms with Crippen LogP contribution in [0, 0.1) is 13.8 Å². The topological polar surface area (TPSA) is 97.1 Å². The van der Waals surface area contributed by atoms with E-state index in [0.717, 1.165) is 22.9 Å². The first kappa shape index (κ1) is 18.5. The number of para-hydroxylation sites is 1. The van der Waals surface area contributed by atoms with Gasteiger partial charge in [-0.2, -0.15) is 0 Å². The molecule has 0 aliphatic carbocycles. The molecule has 0 aliphatic rings. The SMILES string of the molecule is CCc1nc2ncc(/C=C/C(=O)NO)cc2c(=O)n1-c1c(C)cccc1C. The fraction of sp³-hybridized carbons (Fsp3) is 0.200. The number of amides is 1. The molecule has 27 heavy (non-hydrogen) atoms. The highest BCUT2D eigenvalue weighted by atomic mass is 16.5. The molecular formula is C20H20N4O3. The summed E-state index contributed by atoms with van der Waals surface area (Å²) >= 11 is 0. The summed E-state index contributed by atoms with van der Waals surface area (Å²) in [4.78, 5) is 33.3. The van der Waals surface area contributed by atoms with Gasteiger partial charge in [-0.25, -0.2) is 15.4 Å². The van der Waals surface area contributed by atoms with Gasteiger partial charge in [0.25, 0.3) is 11.5 Å². The number of rotatable bonds is 4. The molecule has 2 aromatic heterocycles. The highest BCUT2D eigenvalue weighted by Gasteiger charge is 2.15. The van der Waals surface area contributed by atoms with E-state index in [1.807, 2.05) is 39.0 Å². The van der Waals surface area contributed by atoms with E-state index in [-0.39, 0.29) is 5.56 Å². The average molecular weight is 364 g/mol. The van der Waals surface area contributed by atoms with E-state index in [0.29, 0.717) is 28.8 Å². The van der Waals surface area contributed by atoms with Gasteiger partial charge in [-0.1, -0.05) is 25.1 Å². The second-order valence-corrected chi connectivity index (χ2v) is 6.21. The predicted molar refractivity (Wildman–Crippen MR) is 103 cm³/mol. The van der Waals surface area contributed by atoms with E-state index in [1.54, 1.807) is 10.6 Å². The zero-order valence-electron chi connectivity index (χ0n) is 15.4. The molecule has 0 bridgehead atoms. The minimum absolute atomic E-state index is 0.205. The van der Waals surface area contributed by atoms with E-state index < -0.39 is 5.91 Å². The van der Waals surface area contributed by atoms with Gasteiger partial charge in [0.15, 0.2) is 5.65 Å². The van der Waals surface area contributed by atoms with Crippen LogP contribution in [0.15, 0.2) is 41.3 Å². The fourth-order valence-electron chi connectivity index (χ4n) is 3.06. The Morgan fingerprint density at radius 1 is 1.30 bits per heavy atom. The number of aromatic nitrogens is 3. The number of pyridine rings is 1. The number of nitrogens with one attached hydrogen (secondary N) is 1. The van der Waals surface area contributed by atoms with E-state index in [4.69, 9.17) is 5.21 Å². The first-order valence-electron chi connectivity index (χ1n) is 8.56. The highest BCUT2D eigenvalue weighted by molar-refractivity contribution is 5.91. The van der Waals surface area contributed by atoms with Crippen molar-refractivity contribution in [1.82, 2.24) is 20.0 Å². The van der Waals surface area contributed by atoms with Crippen LogP contribution in [-0.4, -0.2) is 25.6 Å². The fourth-order valence-corrected chi connectivity index (χ4v) is 3.06. The van der Waals surface area contributed by atoms with Crippen molar-refractivity contribution in [3.05, 3.63) is 69.4 Å². The molecule has 1 amide bonds. The Morgan fingerprint density at radius 2 is 2.00 bits per heavy atom. The number of hydroxylamine groups is 1. The lowest BCUT2D eigenvalue weighted by Gasteiger charge is -2.16. The summed E-state index contributed by atoms with van der Waals surface area (Å²) in [5, 5.41) is 8.93. The molecule has 7 heteroatoms. The lowest BCUT2D eigenvalue weighted by atomic mass is 10.1. The third-order valence-corrected chi connectivity index (χ3v) is 4.33. The van der Waals surface area contributed by atoms with Crippen LogP contribution in [0.25, 0.3) is 22.8 Å². The average Bonchev–Trinajstić information content (AvgIpc) is 2.67. The number of hydrogen-bond acceptors (Lipinski definition) is 5. The Kier molecular flexibility index (Phi) is 5.14. The molecular weight excluding hydrogens is 344 g/mol. The van der Waals surface area contributed by atoms with Gasteiger partial charge in [0.2, 0.25) is 0 Å². The maximum Gasteiger partial charge on any atom is 0.267 e. The molecule has 3 aromatic rings. The van der Waals surface area contributed by atoms with Crippen molar-refractivity contribution in [1.29, 1.82) is 0 Å². The Hall–Kier alpha value is -3.32. The standard InChI is InChI=1S/C20H20N4O3/c1-4-16-22-19-15(10-14(11-21-19)8-9-17(25)23-27)20(26)24(16)18-12(2)6-5-7-13(18)3/h5-11,27H,4H2,1-3H3,(H,23,25)/b9-8+. The van der Waals surface area contributed by atoms with Gasteiger partial charge >= 0.3 is 0 Å². The zero-order valence-corrected chi connectivity index (χ0v) is 15.4. The summed E-state index contributed by atoms with van der Waals surface area (Å²) in [6.07, 6.45) is 4.73. The second-order valence-electron chi connectivity index (χ2n) is 6.21. The lowest BCUT2D eigenvalue weighted by Crippen LogP contribution is -2.25. The molecule has 2 heterocycles. The molecule has 1 aromatic carbocycles. The molecule has 2 N–H and O–H groups in total. The van der Waals surface area contributed by atoms with Gasteiger partial charge in [-0.3, -0.25) is 19.4 Å². The van der Waals surface area contributed by atoms with Crippen LogP contribution in [0.3, 0.4) is 0 Å². The first-order chi connectivity index (χ1) is 13.0. The van der Waals surface area contributed by atoms with Crippen molar-refractivity contribution < 1.29 is 10.0 Å². The number of carbonyl (C=O) groups excluding carboxylic acids is 1. The molecule has 0 radical (unpaired) electrons. The molecule has 0 spiro atoms. The van der Waals surface area contributed by atoms with Gasteiger partial charge in [-0.15, -0.1) is 0 Å². The minimum Gasteiger partial charge on any atom is -0.288 e. The van der Waals surface area contributed by atoms with Gasteiger partial charge in [0.05, 0.1) is 11.1 Å². The third kappa shape index (κ3) is 3.50.